The fraction of sp³-hybridized carbons (Fsp3) is 0.222. The Morgan fingerprint density at radius 1 is 0.789 bits per heavy atom. The third kappa shape index (κ3) is 7.74. The third-order valence-electron chi connectivity index (χ3n) is 4.95. The van der Waals surface area contributed by atoms with Crippen molar-refractivity contribution in [3.63, 3.8) is 0 Å². The van der Waals surface area contributed by atoms with E-state index in [0.717, 1.165) is 0 Å². The highest BCUT2D eigenvalue weighted by molar-refractivity contribution is 7.80. The molecule has 0 aliphatic rings. The molecule has 3 rings (SSSR count). The van der Waals surface area contributed by atoms with E-state index < -0.39 is 11.8 Å². The zero-order valence-electron chi connectivity index (χ0n) is 21.0. The lowest BCUT2D eigenvalue weighted by Gasteiger charge is -2.17. The van der Waals surface area contributed by atoms with Crippen LogP contribution >= 0.6 is 35.4 Å². The summed E-state index contributed by atoms with van der Waals surface area (Å²) in [6.07, 6.45) is 0. The predicted molar refractivity (Wildman–Crippen MR) is 154 cm³/mol. The summed E-state index contributed by atoms with van der Waals surface area (Å²) >= 11 is 17.4. The van der Waals surface area contributed by atoms with Gasteiger partial charge in [-0.2, -0.15) is 0 Å². The van der Waals surface area contributed by atoms with Crippen LogP contribution in [0.1, 0.15) is 41.5 Å². The van der Waals surface area contributed by atoms with E-state index in [2.05, 4.69) is 16.0 Å². The van der Waals surface area contributed by atoms with E-state index in [1.165, 1.54) is 6.07 Å². The molecule has 0 aromatic heterocycles. The number of anilines is 2. The van der Waals surface area contributed by atoms with E-state index in [1.54, 1.807) is 48.5 Å². The smallest absolute Gasteiger partial charge is 0.257 e. The summed E-state index contributed by atoms with van der Waals surface area (Å²) in [5, 5.41) is 9.09. The molecule has 0 saturated heterocycles. The summed E-state index contributed by atoms with van der Waals surface area (Å²) in [7, 11) is 0. The SMILES string of the molecule is CCOc1cc(C(=O)NC(=S)Nc2cccc(NC(=O)c3ccc(Cl)cc3Cl)c2)cc(OCC)c1OCC. The second-order valence-electron chi connectivity index (χ2n) is 7.67. The summed E-state index contributed by atoms with van der Waals surface area (Å²) in [5.41, 5.74) is 1.61. The number of hydrogen-bond donors (Lipinski definition) is 3. The Hall–Kier alpha value is -3.53. The van der Waals surface area contributed by atoms with Crippen LogP contribution in [-0.4, -0.2) is 36.7 Å². The van der Waals surface area contributed by atoms with E-state index >= 15 is 0 Å². The maximum Gasteiger partial charge on any atom is 0.257 e. The number of carbonyl (C=O) groups excluding carboxylic acids is 2. The second-order valence-corrected chi connectivity index (χ2v) is 8.92. The van der Waals surface area contributed by atoms with Crippen LogP contribution < -0.4 is 30.2 Å². The van der Waals surface area contributed by atoms with Crippen molar-refractivity contribution in [2.75, 3.05) is 30.5 Å². The Balaban J connectivity index is 1.71. The minimum Gasteiger partial charge on any atom is -0.490 e. The molecule has 3 N–H and O–H groups in total. The number of rotatable bonds is 10. The summed E-state index contributed by atoms with van der Waals surface area (Å²) in [6.45, 7) is 6.70. The summed E-state index contributed by atoms with van der Waals surface area (Å²) < 4.78 is 17.0. The van der Waals surface area contributed by atoms with Gasteiger partial charge in [0.25, 0.3) is 11.8 Å². The molecule has 38 heavy (non-hydrogen) atoms. The molecule has 11 heteroatoms. The lowest BCUT2D eigenvalue weighted by molar-refractivity contribution is 0.0975. The van der Waals surface area contributed by atoms with Gasteiger partial charge in [0.15, 0.2) is 16.6 Å². The fourth-order valence-electron chi connectivity index (χ4n) is 3.40. The van der Waals surface area contributed by atoms with Gasteiger partial charge >= 0.3 is 0 Å². The van der Waals surface area contributed by atoms with Gasteiger partial charge in [-0.05, 0) is 81.5 Å². The van der Waals surface area contributed by atoms with Crippen molar-refractivity contribution < 1.29 is 23.8 Å². The predicted octanol–water partition coefficient (Wildman–Crippen LogP) is 6.57. The highest BCUT2D eigenvalue weighted by atomic mass is 35.5. The Labute approximate surface area is 236 Å². The monoisotopic (exact) mass is 575 g/mol. The molecule has 2 amide bonds. The van der Waals surface area contributed by atoms with Crippen molar-refractivity contribution in [3.05, 3.63) is 75.8 Å². The minimum atomic E-state index is -0.464. The molecular formula is C27H27Cl2N3O5S. The molecular weight excluding hydrogens is 549 g/mol. The molecule has 0 aliphatic carbocycles. The number of nitrogens with one attached hydrogen (secondary N) is 3. The molecule has 0 saturated carbocycles. The van der Waals surface area contributed by atoms with Crippen LogP contribution in [0.15, 0.2) is 54.6 Å². The maximum absolute atomic E-state index is 13.0. The van der Waals surface area contributed by atoms with E-state index in [-0.39, 0.29) is 21.3 Å². The first-order valence-corrected chi connectivity index (χ1v) is 13.0. The first-order valence-electron chi connectivity index (χ1n) is 11.8. The van der Waals surface area contributed by atoms with Crippen molar-refractivity contribution in [2.24, 2.45) is 0 Å². The Morgan fingerprint density at radius 3 is 1.97 bits per heavy atom. The molecule has 8 nitrogen and oxygen atoms in total. The number of carbonyl (C=O) groups is 2. The molecule has 0 unspecified atom stereocenters. The number of hydrogen-bond acceptors (Lipinski definition) is 6. The Kier molecular flexibility index (Phi) is 10.6. The average molecular weight is 577 g/mol. The normalized spacial score (nSPS) is 10.3. The zero-order chi connectivity index (χ0) is 27.7. The molecule has 0 spiro atoms. The number of ether oxygens (including phenoxy) is 3. The standard InChI is InChI=1S/C27H27Cl2N3O5S/c1-4-35-22-12-16(13-23(36-5-2)24(22)37-6-3)25(33)32-27(38)31-19-9-7-8-18(15-19)30-26(34)20-11-10-17(28)14-21(20)29/h7-15H,4-6H2,1-3H3,(H,30,34)(H2,31,32,33,38). The van der Waals surface area contributed by atoms with Gasteiger partial charge in [0.2, 0.25) is 5.75 Å². The number of benzene rings is 3. The van der Waals surface area contributed by atoms with Crippen molar-refractivity contribution in [3.8, 4) is 17.2 Å². The van der Waals surface area contributed by atoms with Crippen LogP contribution in [0.5, 0.6) is 17.2 Å². The Morgan fingerprint density at radius 2 is 1.39 bits per heavy atom. The summed E-state index contributed by atoms with van der Waals surface area (Å²) in [4.78, 5) is 25.6. The topological polar surface area (TPSA) is 97.9 Å². The fourth-order valence-corrected chi connectivity index (χ4v) is 4.11. The minimum absolute atomic E-state index is 0.0593. The molecule has 0 atom stereocenters. The molecule has 0 radical (unpaired) electrons. The molecule has 3 aromatic carbocycles. The summed E-state index contributed by atoms with van der Waals surface area (Å²) in [6, 6.07) is 14.6. The largest absolute Gasteiger partial charge is 0.490 e. The highest BCUT2D eigenvalue weighted by Crippen LogP contribution is 2.39. The van der Waals surface area contributed by atoms with Gasteiger partial charge in [-0.15, -0.1) is 0 Å². The van der Waals surface area contributed by atoms with E-state index in [4.69, 9.17) is 49.6 Å². The van der Waals surface area contributed by atoms with Gasteiger partial charge in [0.05, 0.1) is 30.4 Å². The number of amides is 2. The van der Waals surface area contributed by atoms with Crippen molar-refractivity contribution in [1.82, 2.24) is 5.32 Å². The maximum atomic E-state index is 13.0. The number of halogens is 2. The summed E-state index contributed by atoms with van der Waals surface area (Å²) in [5.74, 6) is 0.369. The van der Waals surface area contributed by atoms with E-state index in [0.29, 0.717) is 53.5 Å². The van der Waals surface area contributed by atoms with Crippen LogP contribution in [-0.2, 0) is 0 Å². The first kappa shape index (κ1) is 29.0. The van der Waals surface area contributed by atoms with Gasteiger partial charge in [0.1, 0.15) is 0 Å². The van der Waals surface area contributed by atoms with Crippen molar-refractivity contribution >= 4 is 63.7 Å². The second kappa shape index (κ2) is 13.9. The molecule has 0 fully saturated rings. The van der Waals surface area contributed by atoms with Crippen molar-refractivity contribution in [2.45, 2.75) is 20.8 Å². The van der Waals surface area contributed by atoms with Crippen LogP contribution in [0.4, 0.5) is 11.4 Å². The lowest BCUT2D eigenvalue weighted by atomic mass is 10.1. The first-order chi connectivity index (χ1) is 18.2. The van der Waals surface area contributed by atoms with E-state index in [9.17, 15) is 9.59 Å². The molecule has 0 aliphatic heterocycles. The van der Waals surface area contributed by atoms with E-state index in [1.807, 2.05) is 20.8 Å². The molecule has 0 bridgehead atoms. The van der Waals surface area contributed by atoms with Crippen molar-refractivity contribution in [1.29, 1.82) is 0 Å². The highest BCUT2D eigenvalue weighted by Gasteiger charge is 2.19. The average Bonchev–Trinajstić information content (AvgIpc) is 2.86. The zero-order valence-corrected chi connectivity index (χ0v) is 23.4. The van der Waals surface area contributed by atoms with Crippen LogP contribution in [0, 0.1) is 0 Å². The van der Waals surface area contributed by atoms with Gasteiger partial charge in [-0.25, -0.2) is 0 Å². The van der Waals surface area contributed by atoms with Gasteiger partial charge in [0, 0.05) is 22.0 Å². The molecule has 200 valence electrons. The van der Waals surface area contributed by atoms with Crippen LogP contribution in [0.2, 0.25) is 10.0 Å². The van der Waals surface area contributed by atoms with Gasteiger partial charge in [-0.1, -0.05) is 29.3 Å². The van der Waals surface area contributed by atoms with Crippen LogP contribution in [0.25, 0.3) is 0 Å². The Bertz CT molecular complexity index is 1310. The van der Waals surface area contributed by atoms with Gasteiger partial charge < -0.3 is 24.8 Å². The van der Waals surface area contributed by atoms with Crippen LogP contribution in [0.3, 0.4) is 0 Å². The third-order valence-corrected chi connectivity index (χ3v) is 5.70. The lowest BCUT2D eigenvalue weighted by Crippen LogP contribution is -2.34. The van der Waals surface area contributed by atoms with Gasteiger partial charge in [-0.3, -0.25) is 14.9 Å². The molecule has 0 heterocycles. The molecule has 3 aromatic rings. The quantitative estimate of drug-likeness (QED) is 0.235. The number of thiocarbonyl (C=S) groups is 1.